The molecule has 1 aromatic carbocycles. The fourth-order valence-corrected chi connectivity index (χ4v) is 5.09. The first-order chi connectivity index (χ1) is 13.6. The number of piperidine rings is 2. The van der Waals surface area contributed by atoms with Gasteiger partial charge in [-0.2, -0.15) is 0 Å². The van der Waals surface area contributed by atoms with Crippen molar-refractivity contribution in [3.8, 4) is 0 Å². The van der Waals surface area contributed by atoms with Crippen molar-refractivity contribution < 1.29 is 14.4 Å². The van der Waals surface area contributed by atoms with E-state index in [1.165, 1.54) is 24.8 Å². The van der Waals surface area contributed by atoms with E-state index in [1.807, 2.05) is 12.1 Å². The van der Waals surface area contributed by atoms with Crippen LogP contribution in [0.2, 0.25) is 0 Å². The second-order valence-electron chi connectivity index (χ2n) is 8.64. The zero-order chi connectivity index (χ0) is 19.3. The van der Waals surface area contributed by atoms with E-state index < -0.39 is 6.04 Å². The summed E-state index contributed by atoms with van der Waals surface area (Å²) in [5.41, 5.74) is 3.32. The molecule has 28 heavy (non-hydrogen) atoms. The Morgan fingerprint density at radius 3 is 2.79 bits per heavy atom. The van der Waals surface area contributed by atoms with Crippen LogP contribution < -0.4 is 16.0 Å². The second-order valence-corrected chi connectivity index (χ2v) is 8.64. The van der Waals surface area contributed by atoms with Crippen molar-refractivity contribution >= 4 is 17.7 Å². The quantitative estimate of drug-likeness (QED) is 0.667. The molecule has 1 aliphatic carbocycles. The van der Waals surface area contributed by atoms with Crippen LogP contribution >= 0.6 is 0 Å². The maximum absolute atomic E-state index is 12.8. The zero-order valence-corrected chi connectivity index (χ0v) is 15.9. The van der Waals surface area contributed by atoms with E-state index in [4.69, 9.17) is 0 Å². The fourth-order valence-electron chi connectivity index (χ4n) is 5.09. The highest BCUT2D eigenvalue weighted by Gasteiger charge is 2.53. The van der Waals surface area contributed by atoms with E-state index in [0.29, 0.717) is 30.0 Å². The van der Waals surface area contributed by atoms with Gasteiger partial charge in [0, 0.05) is 31.1 Å². The van der Waals surface area contributed by atoms with E-state index in [0.717, 1.165) is 25.2 Å². The Balaban J connectivity index is 1.23. The van der Waals surface area contributed by atoms with Gasteiger partial charge >= 0.3 is 0 Å². The predicted octanol–water partition coefficient (Wildman–Crippen LogP) is 0.679. The van der Waals surface area contributed by atoms with Gasteiger partial charge in [-0.3, -0.25) is 19.7 Å². The fraction of sp³-hybridized carbons (Fsp3) is 0.571. The average Bonchev–Trinajstić information content (AvgIpc) is 3.24. The van der Waals surface area contributed by atoms with Crippen molar-refractivity contribution in [2.75, 3.05) is 13.1 Å². The summed E-state index contributed by atoms with van der Waals surface area (Å²) in [7, 11) is 0. The first kappa shape index (κ1) is 17.8. The standard InChI is InChI=1S/C21H26N4O3/c26-18-4-3-16(19(27)24-18)25-12-14-9-13(1-2-15(14)20(25)28)11-23-17-10-21(17)5-7-22-8-6-21/h1-2,9,16-17,22-23H,3-8,10-12H2,(H,24,26,27). The van der Waals surface area contributed by atoms with Crippen molar-refractivity contribution in [3.63, 3.8) is 0 Å². The molecule has 3 fully saturated rings. The first-order valence-corrected chi connectivity index (χ1v) is 10.3. The van der Waals surface area contributed by atoms with Crippen LogP contribution in [-0.2, 0) is 22.7 Å². The van der Waals surface area contributed by atoms with E-state index in [-0.39, 0.29) is 24.1 Å². The number of carbonyl (C=O) groups is 3. The van der Waals surface area contributed by atoms with Gasteiger partial charge in [-0.1, -0.05) is 12.1 Å². The Morgan fingerprint density at radius 1 is 1.18 bits per heavy atom. The highest BCUT2D eigenvalue weighted by molar-refractivity contribution is 6.05. The molecular formula is C21H26N4O3. The number of carbonyl (C=O) groups excluding carboxylic acids is 3. The van der Waals surface area contributed by atoms with Crippen molar-refractivity contribution in [2.24, 2.45) is 5.41 Å². The number of amides is 3. The number of hydrogen-bond donors (Lipinski definition) is 3. The normalized spacial score (nSPS) is 28.4. The molecule has 7 heteroatoms. The number of nitrogens with one attached hydrogen (secondary N) is 3. The van der Waals surface area contributed by atoms with Gasteiger partial charge < -0.3 is 15.5 Å². The largest absolute Gasteiger partial charge is 0.322 e. The molecule has 5 rings (SSSR count). The molecule has 0 radical (unpaired) electrons. The van der Waals surface area contributed by atoms with Crippen LogP contribution in [0.1, 0.15) is 53.6 Å². The minimum atomic E-state index is -0.551. The lowest BCUT2D eigenvalue weighted by molar-refractivity contribution is -0.136. The number of imide groups is 1. The molecule has 0 bridgehead atoms. The van der Waals surface area contributed by atoms with Gasteiger partial charge in [0.25, 0.3) is 5.91 Å². The van der Waals surface area contributed by atoms with Crippen LogP contribution in [0.3, 0.4) is 0 Å². The first-order valence-electron chi connectivity index (χ1n) is 10.3. The molecule has 0 aromatic heterocycles. The number of rotatable bonds is 4. The summed E-state index contributed by atoms with van der Waals surface area (Å²) in [6.45, 7) is 3.48. The Hall–Kier alpha value is -2.25. The third kappa shape index (κ3) is 3.02. The third-order valence-corrected chi connectivity index (χ3v) is 6.93. The highest BCUT2D eigenvalue weighted by atomic mass is 16.2. The van der Waals surface area contributed by atoms with Gasteiger partial charge in [0.1, 0.15) is 6.04 Å². The summed E-state index contributed by atoms with van der Waals surface area (Å²) >= 11 is 0. The van der Waals surface area contributed by atoms with Gasteiger partial charge in [-0.15, -0.1) is 0 Å². The average molecular weight is 382 g/mol. The molecule has 7 nitrogen and oxygen atoms in total. The summed E-state index contributed by atoms with van der Waals surface area (Å²) in [5, 5.41) is 9.47. The third-order valence-electron chi connectivity index (χ3n) is 6.93. The molecule has 3 N–H and O–H groups in total. The summed E-state index contributed by atoms with van der Waals surface area (Å²) < 4.78 is 0. The SMILES string of the molecule is O=C1CCC(N2Cc3cc(CNC4CC45CCNCC5)ccc3C2=O)C(=O)N1. The molecule has 4 aliphatic rings. The van der Waals surface area contributed by atoms with Crippen LogP contribution in [0, 0.1) is 5.41 Å². The van der Waals surface area contributed by atoms with Crippen LogP contribution in [0.4, 0.5) is 0 Å². The second kappa shape index (κ2) is 6.67. The van der Waals surface area contributed by atoms with Crippen molar-refractivity contribution in [1.29, 1.82) is 0 Å². The minimum absolute atomic E-state index is 0.111. The Bertz CT molecular complexity index is 846. The van der Waals surface area contributed by atoms with Crippen LogP contribution in [-0.4, -0.2) is 47.8 Å². The lowest BCUT2D eigenvalue weighted by atomic mass is 9.94. The molecule has 2 atom stereocenters. The predicted molar refractivity (Wildman–Crippen MR) is 102 cm³/mol. The van der Waals surface area contributed by atoms with Gasteiger partial charge in [0.2, 0.25) is 11.8 Å². The molecule has 2 saturated heterocycles. The van der Waals surface area contributed by atoms with Crippen molar-refractivity contribution in [2.45, 2.75) is 57.3 Å². The summed E-state index contributed by atoms with van der Waals surface area (Å²) in [6.07, 6.45) is 4.46. The van der Waals surface area contributed by atoms with Crippen LogP contribution in [0.5, 0.6) is 0 Å². The Morgan fingerprint density at radius 2 is 2.00 bits per heavy atom. The molecule has 1 spiro atoms. The number of fused-ring (bicyclic) bond motifs is 1. The Labute approximate surface area is 164 Å². The summed E-state index contributed by atoms with van der Waals surface area (Å²) in [6, 6.07) is 6.03. The molecule has 3 amide bonds. The maximum Gasteiger partial charge on any atom is 0.255 e. The lowest BCUT2D eigenvalue weighted by Crippen LogP contribution is -2.52. The topological polar surface area (TPSA) is 90.5 Å². The van der Waals surface area contributed by atoms with Crippen LogP contribution in [0.15, 0.2) is 18.2 Å². The van der Waals surface area contributed by atoms with E-state index in [9.17, 15) is 14.4 Å². The maximum atomic E-state index is 12.8. The number of benzene rings is 1. The molecule has 1 saturated carbocycles. The summed E-state index contributed by atoms with van der Waals surface area (Å²) in [5.74, 6) is -0.731. The van der Waals surface area contributed by atoms with E-state index in [2.05, 4.69) is 22.0 Å². The zero-order valence-electron chi connectivity index (χ0n) is 15.9. The summed E-state index contributed by atoms with van der Waals surface area (Å²) in [4.78, 5) is 37.9. The van der Waals surface area contributed by atoms with Gasteiger partial charge in [-0.05, 0) is 61.4 Å². The molecule has 1 aromatic rings. The molecule has 148 valence electrons. The minimum Gasteiger partial charge on any atom is -0.322 e. The van der Waals surface area contributed by atoms with Crippen molar-refractivity contribution in [1.82, 2.24) is 20.9 Å². The smallest absolute Gasteiger partial charge is 0.255 e. The molecule has 3 aliphatic heterocycles. The molecule has 2 unspecified atom stereocenters. The number of nitrogens with zero attached hydrogens (tertiary/aromatic N) is 1. The van der Waals surface area contributed by atoms with Gasteiger partial charge in [0.15, 0.2) is 0 Å². The van der Waals surface area contributed by atoms with Gasteiger partial charge in [-0.25, -0.2) is 0 Å². The van der Waals surface area contributed by atoms with E-state index >= 15 is 0 Å². The number of hydrogen-bond acceptors (Lipinski definition) is 5. The highest BCUT2D eigenvalue weighted by Crippen LogP contribution is 2.52. The lowest BCUT2D eigenvalue weighted by Gasteiger charge is -2.29. The van der Waals surface area contributed by atoms with Crippen molar-refractivity contribution in [3.05, 3.63) is 34.9 Å². The van der Waals surface area contributed by atoms with Gasteiger partial charge in [0.05, 0.1) is 0 Å². The van der Waals surface area contributed by atoms with Crippen LogP contribution in [0.25, 0.3) is 0 Å². The van der Waals surface area contributed by atoms with E-state index in [1.54, 1.807) is 4.90 Å². The molecule has 3 heterocycles. The monoisotopic (exact) mass is 382 g/mol. The Kier molecular flexibility index (Phi) is 4.25. The molecular weight excluding hydrogens is 356 g/mol.